The molecule has 0 aliphatic heterocycles. The van der Waals surface area contributed by atoms with Crippen molar-refractivity contribution in [2.24, 2.45) is 0 Å². The molecular weight excluding hydrogens is 312 g/mol. The summed E-state index contributed by atoms with van der Waals surface area (Å²) in [5.41, 5.74) is 2.17. The van der Waals surface area contributed by atoms with E-state index in [9.17, 15) is 4.79 Å². The maximum Gasteiger partial charge on any atom is 0.266 e. The number of fused-ring (bicyclic) bond motifs is 7. The number of ether oxygens (including phenoxy) is 1. The van der Waals surface area contributed by atoms with Crippen molar-refractivity contribution in [3.63, 3.8) is 0 Å². The lowest BCUT2D eigenvalue weighted by atomic mass is 10.0. The largest absolute Gasteiger partial charge is 0.497 e. The van der Waals surface area contributed by atoms with Crippen molar-refractivity contribution >= 4 is 38.2 Å². The molecule has 0 fully saturated rings. The molecule has 0 aliphatic carbocycles. The molecule has 0 unspecified atom stereocenters. The van der Waals surface area contributed by atoms with Crippen molar-refractivity contribution in [3.8, 4) is 5.75 Å². The second kappa shape index (κ2) is 5.05. The van der Waals surface area contributed by atoms with Crippen molar-refractivity contribution in [3.05, 3.63) is 77.1 Å². The van der Waals surface area contributed by atoms with Crippen LogP contribution in [0.3, 0.4) is 0 Å². The number of benzene rings is 3. The highest BCUT2D eigenvalue weighted by atomic mass is 16.5. The normalized spacial score (nSPS) is 11.6. The summed E-state index contributed by atoms with van der Waals surface area (Å²) in [7, 11) is 1.64. The minimum absolute atomic E-state index is 0.0541. The topological polar surface area (TPSA) is 43.6 Å². The summed E-state index contributed by atoms with van der Waals surface area (Å²) in [4.78, 5) is 18.0. The molecule has 3 aromatic carbocycles. The maximum atomic E-state index is 13.2. The number of pyridine rings is 1. The molecule has 0 bridgehead atoms. The van der Waals surface area contributed by atoms with Crippen molar-refractivity contribution in [1.29, 1.82) is 0 Å². The third-order valence-electron chi connectivity index (χ3n) is 4.68. The van der Waals surface area contributed by atoms with Gasteiger partial charge in [-0.15, -0.1) is 0 Å². The first-order valence-electron chi connectivity index (χ1n) is 8.08. The molecule has 2 aromatic heterocycles. The van der Waals surface area contributed by atoms with Crippen LogP contribution < -0.4 is 10.3 Å². The Morgan fingerprint density at radius 3 is 2.36 bits per heavy atom. The summed E-state index contributed by atoms with van der Waals surface area (Å²) in [5, 5.41) is 3.60. The van der Waals surface area contributed by atoms with Crippen LogP contribution in [0, 0.1) is 0 Å². The Hall–Kier alpha value is -3.40. The van der Waals surface area contributed by atoms with E-state index in [2.05, 4.69) is 6.07 Å². The first-order chi connectivity index (χ1) is 12.3. The molecule has 0 spiro atoms. The monoisotopic (exact) mass is 326 g/mol. The highest BCUT2D eigenvalue weighted by Crippen LogP contribution is 2.30. The highest BCUT2D eigenvalue weighted by Gasteiger charge is 2.13. The van der Waals surface area contributed by atoms with Crippen molar-refractivity contribution in [2.75, 3.05) is 7.11 Å². The van der Waals surface area contributed by atoms with Gasteiger partial charge in [0.2, 0.25) is 0 Å². The summed E-state index contributed by atoms with van der Waals surface area (Å²) in [6.45, 7) is 0. The lowest BCUT2D eigenvalue weighted by molar-refractivity contribution is 0.415. The van der Waals surface area contributed by atoms with E-state index >= 15 is 0 Å². The van der Waals surface area contributed by atoms with Gasteiger partial charge in [0.05, 0.1) is 23.5 Å². The second-order valence-electron chi connectivity index (χ2n) is 6.02. The van der Waals surface area contributed by atoms with Crippen LogP contribution in [0.5, 0.6) is 5.75 Å². The fraction of sp³-hybridized carbons (Fsp3) is 0.0476. The molecule has 0 saturated heterocycles. The molecule has 0 atom stereocenters. The lowest BCUT2D eigenvalue weighted by Gasteiger charge is -2.12. The first kappa shape index (κ1) is 14.0. The molecule has 2 heterocycles. The fourth-order valence-electron chi connectivity index (χ4n) is 3.50. The van der Waals surface area contributed by atoms with Crippen LogP contribution in [0.25, 0.3) is 38.2 Å². The van der Waals surface area contributed by atoms with Gasteiger partial charge in [0.25, 0.3) is 5.56 Å². The summed E-state index contributed by atoms with van der Waals surface area (Å²) in [6.07, 6.45) is 0. The van der Waals surface area contributed by atoms with Gasteiger partial charge in [-0.2, -0.15) is 0 Å². The molecule has 120 valence electrons. The van der Waals surface area contributed by atoms with E-state index in [0.717, 1.165) is 27.4 Å². The molecule has 0 amide bonds. The highest BCUT2D eigenvalue weighted by molar-refractivity contribution is 6.12. The molecule has 0 saturated carbocycles. The number of aromatic nitrogens is 2. The zero-order valence-corrected chi connectivity index (χ0v) is 13.6. The quantitative estimate of drug-likeness (QED) is 0.343. The van der Waals surface area contributed by atoms with E-state index in [1.54, 1.807) is 11.5 Å². The van der Waals surface area contributed by atoms with Gasteiger partial charge in [-0.05, 0) is 35.7 Å². The molecule has 25 heavy (non-hydrogen) atoms. The van der Waals surface area contributed by atoms with E-state index in [4.69, 9.17) is 9.72 Å². The first-order valence-corrected chi connectivity index (χ1v) is 8.08. The average Bonchev–Trinajstić information content (AvgIpc) is 2.68. The summed E-state index contributed by atoms with van der Waals surface area (Å²) in [6, 6.07) is 21.3. The Morgan fingerprint density at radius 2 is 1.56 bits per heavy atom. The Morgan fingerprint density at radius 1 is 0.840 bits per heavy atom. The van der Waals surface area contributed by atoms with E-state index in [1.807, 2.05) is 60.7 Å². The number of para-hydroxylation sites is 1. The second-order valence-corrected chi connectivity index (χ2v) is 6.02. The van der Waals surface area contributed by atoms with E-state index in [-0.39, 0.29) is 5.56 Å². The molecule has 4 heteroatoms. The van der Waals surface area contributed by atoms with Crippen LogP contribution >= 0.6 is 0 Å². The lowest BCUT2D eigenvalue weighted by Crippen LogP contribution is -2.16. The fourth-order valence-corrected chi connectivity index (χ4v) is 3.50. The van der Waals surface area contributed by atoms with Gasteiger partial charge in [0.15, 0.2) is 0 Å². The number of nitrogens with zero attached hydrogens (tertiary/aromatic N) is 2. The zero-order chi connectivity index (χ0) is 17.0. The smallest absolute Gasteiger partial charge is 0.266 e. The standard InChI is InChI=1S/C21H14N2O2/c1-25-13-10-11-19-17(12-13)14-6-2-3-7-15(14)20-22-18-9-5-4-8-16(18)21(24)23(19)20/h2-12H,1H3. The molecular formula is C21H14N2O2. The van der Waals surface area contributed by atoms with Crippen LogP contribution in [0.1, 0.15) is 0 Å². The van der Waals surface area contributed by atoms with E-state index in [0.29, 0.717) is 16.6 Å². The molecule has 5 rings (SSSR count). The molecule has 5 aromatic rings. The Kier molecular flexibility index (Phi) is 2.82. The van der Waals surface area contributed by atoms with Crippen LogP contribution in [0.2, 0.25) is 0 Å². The third kappa shape index (κ3) is 1.88. The predicted octanol–water partition coefficient (Wildman–Crippen LogP) is 4.16. The van der Waals surface area contributed by atoms with Gasteiger partial charge in [0, 0.05) is 10.8 Å². The Balaban J connectivity index is 2.17. The number of rotatable bonds is 1. The molecule has 0 radical (unpaired) electrons. The molecule has 4 nitrogen and oxygen atoms in total. The number of hydrogen-bond donors (Lipinski definition) is 0. The summed E-state index contributed by atoms with van der Waals surface area (Å²) in [5.74, 6) is 0.763. The van der Waals surface area contributed by atoms with Gasteiger partial charge < -0.3 is 4.74 Å². The molecule has 0 N–H and O–H groups in total. The Bertz CT molecular complexity index is 1350. The minimum Gasteiger partial charge on any atom is -0.497 e. The van der Waals surface area contributed by atoms with Crippen LogP contribution in [0.4, 0.5) is 0 Å². The van der Waals surface area contributed by atoms with E-state index in [1.165, 1.54) is 0 Å². The van der Waals surface area contributed by atoms with Gasteiger partial charge in [0.1, 0.15) is 11.4 Å². The zero-order valence-electron chi connectivity index (χ0n) is 13.6. The van der Waals surface area contributed by atoms with Crippen molar-refractivity contribution in [2.45, 2.75) is 0 Å². The third-order valence-corrected chi connectivity index (χ3v) is 4.68. The molecule has 0 aliphatic rings. The van der Waals surface area contributed by atoms with Crippen LogP contribution in [-0.4, -0.2) is 16.5 Å². The Labute approximate surface area is 142 Å². The van der Waals surface area contributed by atoms with E-state index < -0.39 is 0 Å². The predicted molar refractivity (Wildman–Crippen MR) is 101 cm³/mol. The van der Waals surface area contributed by atoms with Gasteiger partial charge in [-0.3, -0.25) is 9.20 Å². The summed E-state index contributed by atoms with van der Waals surface area (Å²) >= 11 is 0. The van der Waals surface area contributed by atoms with Crippen molar-refractivity contribution in [1.82, 2.24) is 9.38 Å². The summed E-state index contributed by atoms with van der Waals surface area (Å²) < 4.78 is 7.09. The van der Waals surface area contributed by atoms with Gasteiger partial charge >= 0.3 is 0 Å². The van der Waals surface area contributed by atoms with Crippen LogP contribution in [-0.2, 0) is 0 Å². The maximum absolute atomic E-state index is 13.2. The number of methoxy groups -OCH3 is 1. The van der Waals surface area contributed by atoms with Crippen LogP contribution in [0.15, 0.2) is 71.5 Å². The number of hydrogen-bond acceptors (Lipinski definition) is 3. The van der Waals surface area contributed by atoms with Crippen molar-refractivity contribution < 1.29 is 4.74 Å². The van der Waals surface area contributed by atoms with Gasteiger partial charge in [-0.25, -0.2) is 4.98 Å². The van der Waals surface area contributed by atoms with Gasteiger partial charge in [-0.1, -0.05) is 36.4 Å². The minimum atomic E-state index is -0.0541. The average molecular weight is 326 g/mol. The SMILES string of the molecule is COc1ccc2c(c1)c1ccccc1c1nc3ccccc3c(=O)n21.